The van der Waals surface area contributed by atoms with Crippen LogP contribution in [0.1, 0.15) is 241 Å². The summed E-state index contributed by atoms with van der Waals surface area (Å²) >= 11 is 0. The van der Waals surface area contributed by atoms with Gasteiger partial charge in [0.05, 0.1) is 29.2 Å². The number of hydrogen-bond acceptors (Lipinski definition) is 24. The smallest absolute Gasteiger partial charge is 0.326 e. The van der Waals surface area contributed by atoms with Crippen molar-refractivity contribution in [3.05, 3.63) is 156 Å². The van der Waals surface area contributed by atoms with E-state index in [-0.39, 0.29) is 155 Å². The summed E-state index contributed by atoms with van der Waals surface area (Å²) < 4.78 is 0. The van der Waals surface area contributed by atoms with Crippen molar-refractivity contribution in [3.63, 3.8) is 0 Å². The van der Waals surface area contributed by atoms with E-state index in [0.717, 1.165) is 60.8 Å². The quantitative estimate of drug-likeness (QED) is 0.0160. The molecule has 22 N–H and O–H groups in total. The number of carbonyl (C=O) groups is 17. The average Bonchev–Trinajstić information content (AvgIpc) is 0.842. The van der Waals surface area contributed by atoms with E-state index in [1.807, 2.05) is 121 Å². The van der Waals surface area contributed by atoms with Gasteiger partial charge in [0, 0.05) is 181 Å². The number of aliphatic hydroxyl groups excluding tert-OH is 1. The lowest BCUT2D eigenvalue weighted by Crippen LogP contribution is -2.68. The number of Topliss-reactive ketones (excluding diaryl/α,β-unsaturated/α-hetero) is 4. The van der Waals surface area contributed by atoms with Gasteiger partial charge in [-0.05, 0) is 125 Å². The molecule has 0 spiro atoms. The summed E-state index contributed by atoms with van der Waals surface area (Å²) in [4.78, 5) is 221. The van der Waals surface area contributed by atoms with Crippen LogP contribution in [0.15, 0.2) is 134 Å². The number of carboxylic acid groups (broad SMARTS) is 5. The van der Waals surface area contributed by atoms with Crippen LogP contribution in [0.5, 0.6) is 0 Å². The molecule has 4 aromatic rings. The third kappa shape index (κ3) is 52.2. The van der Waals surface area contributed by atoms with E-state index < -0.39 is 126 Å². The summed E-state index contributed by atoms with van der Waals surface area (Å²) in [7, 11) is 0. The number of benzene rings is 4. The molecule has 3 aliphatic rings. The van der Waals surface area contributed by atoms with Crippen LogP contribution >= 0.6 is 0 Å². The molecule has 794 valence electrons. The molecular formula is C105H156N16O23. The van der Waals surface area contributed by atoms with Gasteiger partial charge >= 0.3 is 41.9 Å². The van der Waals surface area contributed by atoms with Crippen LogP contribution < -0.4 is 85.1 Å². The highest BCUT2D eigenvalue weighted by atomic mass is 16.4. The van der Waals surface area contributed by atoms with E-state index >= 15 is 0 Å². The fourth-order valence-electron chi connectivity index (χ4n) is 17.4. The Morgan fingerprint density at radius 2 is 0.556 bits per heavy atom. The molecule has 7 rings (SSSR count). The molecule has 0 saturated carbocycles. The number of aliphatic hydroxyl groups is 1. The summed E-state index contributed by atoms with van der Waals surface area (Å²) in [6.45, 7) is 9.39. The first-order valence-corrected chi connectivity index (χ1v) is 51.2. The zero-order valence-corrected chi connectivity index (χ0v) is 83.3. The number of aliphatic carboxylic acids is 5. The Kier molecular flexibility index (Phi) is 58.1. The Balaban J connectivity index is 0.915. The Bertz CT molecular complexity index is 4330. The maximum Gasteiger partial charge on any atom is 0.326 e. The maximum atomic E-state index is 14.6. The molecule has 10 amide bonds. The number of amides is 10. The van der Waals surface area contributed by atoms with E-state index in [4.69, 9.17) is 10.2 Å². The van der Waals surface area contributed by atoms with Gasteiger partial charge in [0.15, 0.2) is 11.6 Å². The predicted molar refractivity (Wildman–Crippen MR) is 542 cm³/mol. The van der Waals surface area contributed by atoms with E-state index in [0.29, 0.717) is 182 Å². The molecule has 39 heteroatoms. The standard InChI is InChI=1S/C105H156N16O23/c1-74(122)83(116-102(143)118-85(100(139)140)50-52-95(131)132)44-26-12-24-42-81(123)40-22-4-2-6-28-54-112-97(135)79(62-75-32-14-8-15-33-75)66-89(125)87(64-77-36-18-10-19-37-77)114-91(127)46-30-48-93(129)120-104-68-106-56-59-109-71-105(72-110-60-57-107-69-104,73-111-61-58-108-70-104)121-94(130)49-31-47-92(128)115-88(65-78-38-20-11-21-39-78)90(126)67-80(63-76-34-16-9-17-35-76)98(136)113-55-29-7-3-5-23-41-82(124)43-25-13-27-45-84(99(137)138)117-103(144)119-86(101(141)142)51-53-96(133)134/h8-11,14-21,32-39,79-80,83-88,106-111,122H,1-7,12-13,22-31,40-73H2,(H,112,135)(H,113,136)(H,114,127)(H,115,128)(H,120,129)(H,121,130)(H,131,132)(H,133,134)(H,137,138)(H,139,140)(H,141,142)(H2,116,118,143)(H2,117,119,144)/t79-,80-,83?,84?,85?,86?,87+,88+,104?,105?/m0/s1. The number of fused-ring (bicyclic) bond motifs is 15. The fourth-order valence-corrected chi connectivity index (χ4v) is 17.4. The minimum absolute atomic E-state index is 0.00834. The van der Waals surface area contributed by atoms with Gasteiger partial charge in [-0.25, -0.2) is 24.0 Å². The van der Waals surface area contributed by atoms with Crippen molar-refractivity contribution in [2.45, 2.75) is 291 Å². The van der Waals surface area contributed by atoms with E-state index in [2.05, 4.69) is 91.6 Å². The number of urea groups is 2. The summed E-state index contributed by atoms with van der Waals surface area (Å²) in [6.07, 6.45) is 11.6. The van der Waals surface area contributed by atoms with Crippen molar-refractivity contribution in [1.82, 2.24) is 85.1 Å². The lowest BCUT2D eigenvalue weighted by Gasteiger charge is -2.39. The lowest BCUT2D eigenvalue weighted by atomic mass is 9.89. The van der Waals surface area contributed by atoms with Crippen LogP contribution in [-0.4, -0.2) is 270 Å². The van der Waals surface area contributed by atoms with Crippen LogP contribution in [0.25, 0.3) is 0 Å². The van der Waals surface area contributed by atoms with Crippen LogP contribution in [0, 0.1) is 11.8 Å². The fraction of sp³-hybridized carbons (Fsp3) is 0.590. The average molecular weight is 2010 g/mol. The second-order valence-corrected chi connectivity index (χ2v) is 37.9. The van der Waals surface area contributed by atoms with Gasteiger partial charge in [-0.15, -0.1) is 0 Å². The Hall–Kier alpha value is -12.4. The number of carbonyl (C=O) groups excluding carboxylic acids is 12. The van der Waals surface area contributed by atoms with Crippen molar-refractivity contribution in [3.8, 4) is 0 Å². The summed E-state index contributed by atoms with van der Waals surface area (Å²) in [6, 6.07) is 28.3. The zero-order chi connectivity index (χ0) is 105. The zero-order valence-electron chi connectivity index (χ0n) is 83.3. The molecule has 3 saturated heterocycles. The van der Waals surface area contributed by atoms with Gasteiger partial charge < -0.3 is 116 Å². The third-order valence-electron chi connectivity index (χ3n) is 25.5. The van der Waals surface area contributed by atoms with Crippen LogP contribution in [0.2, 0.25) is 0 Å². The van der Waals surface area contributed by atoms with Crippen LogP contribution in [0.3, 0.4) is 0 Å². The van der Waals surface area contributed by atoms with Gasteiger partial charge in [0.25, 0.3) is 0 Å². The normalized spacial score (nSPS) is 16.8. The van der Waals surface area contributed by atoms with Crippen LogP contribution in [0.4, 0.5) is 9.59 Å². The first kappa shape index (κ1) is 120. The van der Waals surface area contributed by atoms with E-state index in [1.165, 1.54) is 0 Å². The maximum absolute atomic E-state index is 14.6. The van der Waals surface area contributed by atoms with E-state index in [9.17, 15) is 102 Å². The molecule has 144 heavy (non-hydrogen) atoms. The Morgan fingerprint density at radius 3 is 0.861 bits per heavy atom. The molecule has 0 radical (unpaired) electrons. The molecule has 0 aromatic heterocycles. The molecule has 8 atom stereocenters. The van der Waals surface area contributed by atoms with Crippen LogP contribution in [-0.2, 0) is 97.6 Å². The Labute approximate surface area is 844 Å². The molecule has 3 aliphatic heterocycles. The Morgan fingerprint density at radius 1 is 0.285 bits per heavy atom. The van der Waals surface area contributed by atoms with Crippen molar-refractivity contribution < 1.29 is 112 Å². The minimum Gasteiger partial charge on any atom is -0.511 e. The first-order chi connectivity index (χ1) is 69.3. The largest absolute Gasteiger partial charge is 0.511 e. The topological polar surface area (TPSA) is 604 Å². The van der Waals surface area contributed by atoms with E-state index in [1.54, 1.807) is 0 Å². The summed E-state index contributed by atoms with van der Waals surface area (Å²) in [5, 5.41) is 105. The van der Waals surface area contributed by atoms with Crippen molar-refractivity contribution in [2.75, 3.05) is 91.6 Å². The predicted octanol–water partition coefficient (Wildman–Crippen LogP) is 6.77. The minimum atomic E-state index is -1.52. The number of carboxylic acids is 5. The third-order valence-corrected chi connectivity index (χ3v) is 25.5. The van der Waals surface area contributed by atoms with Gasteiger partial charge in [-0.1, -0.05) is 192 Å². The molecule has 4 aromatic carbocycles. The second-order valence-electron chi connectivity index (χ2n) is 37.9. The number of nitrogens with one attached hydrogen (secondary N) is 16. The van der Waals surface area contributed by atoms with Crippen molar-refractivity contribution in [2.24, 2.45) is 11.8 Å². The molecular weight excluding hydrogens is 1850 g/mol. The van der Waals surface area contributed by atoms with Crippen molar-refractivity contribution >= 4 is 100 Å². The van der Waals surface area contributed by atoms with Gasteiger partial charge in [-0.3, -0.25) is 57.5 Å². The number of unbranched alkanes of at least 4 members (excludes halogenated alkanes) is 12. The van der Waals surface area contributed by atoms with Gasteiger partial charge in [0.1, 0.15) is 35.5 Å². The van der Waals surface area contributed by atoms with Gasteiger partial charge in [0.2, 0.25) is 35.4 Å². The number of rotatable bonds is 70. The molecule has 39 nitrogen and oxygen atoms in total. The molecule has 3 fully saturated rings. The molecule has 0 aliphatic carbocycles. The van der Waals surface area contributed by atoms with Gasteiger partial charge in [-0.2, -0.15) is 0 Å². The number of hydrogen-bond donors (Lipinski definition) is 22. The molecule has 4 unspecified atom stereocenters. The highest BCUT2D eigenvalue weighted by molar-refractivity contribution is 5.95. The summed E-state index contributed by atoms with van der Waals surface area (Å²) in [5.41, 5.74) is 1.71. The highest BCUT2D eigenvalue weighted by Crippen LogP contribution is 2.23. The monoisotopic (exact) mass is 2010 g/mol. The molecule has 3 heterocycles. The SMILES string of the molecule is C=C(O)C(CCCCCC(=O)CCCCCCCNC(=O)[C@H](CC(=O)[C@@H](Cc1ccccc1)NC(=O)CCCC(=O)NC12CNCCNCC(NC(=O)CCCC(=O)N[C@H](Cc3ccccc3)C(=O)C[C@H](Cc3ccccc3)C(=O)NCCCCCCCC(=O)CCCCCC(NC(=O)NC(CCC(=O)O)C(=O)O)C(=O)O)(CNCCNC1)CNCCNC2)Cc1ccccc1)NC(=O)NC(CCC(=O)O)C(=O)O. The van der Waals surface area contributed by atoms with Crippen molar-refractivity contribution in [1.29, 1.82) is 0 Å². The highest BCUT2D eigenvalue weighted by Gasteiger charge is 2.37. The molecule has 2 bridgehead atoms. The summed E-state index contributed by atoms with van der Waals surface area (Å²) in [5.74, 6) is -10.9. The first-order valence-electron chi connectivity index (χ1n) is 51.2. The second kappa shape index (κ2) is 69.5. The number of ketones is 4. The lowest BCUT2D eigenvalue weighted by molar-refractivity contribution is -0.142.